The molecule has 10 heavy (non-hydrogen) atoms. The molecular weight excluding hydrogens is 126 g/mol. The normalized spacial score (nSPS) is 35.1. The third-order valence-corrected chi connectivity index (χ3v) is 2.50. The van der Waals surface area contributed by atoms with Gasteiger partial charge in [-0.3, -0.25) is 0 Å². The number of rotatable bonds is 2. The highest BCUT2D eigenvalue weighted by Crippen LogP contribution is 2.21. The van der Waals surface area contributed by atoms with Crippen molar-refractivity contribution in [1.29, 1.82) is 0 Å². The first-order chi connectivity index (χ1) is 4.75. The van der Waals surface area contributed by atoms with Crippen molar-refractivity contribution in [2.24, 2.45) is 5.92 Å². The lowest BCUT2D eigenvalue weighted by Gasteiger charge is -2.21. The van der Waals surface area contributed by atoms with Gasteiger partial charge in [0, 0.05) is 13.2 Å². The summed E-state index contributed by atoms with van der Waals surface area (Å²) in [5.41, 5.74) is 0. The molecule has 1 heterocycles. The first-order valence-electron chi connectivity index (χ1n) is 3.95. The Bertz CT molecular complexity index is 95.4. The van der Waals surface area contributed by atoms with Crippen LogP contribution in [0.4, 0.5) is 0 Å². The number of hydrogen-bond acceptors (Lipinski definition) is 2. The quantitative estimate of drug-likeness (QED) is 0.571. The van der Waals surface area contributed by atoms with Crippen LogP contribution in [0.25, 0.3) is 0 Å². The summed E-state index contributed by atoms with van der Waals surface area (Å²) >= 11 is 0. The van der Waals surface area contributed by atoms with E-state index in [0.717, 1.165) is 12.5 Å². The molecule has 1 fully saturated rings. The Hall–Kier alpha value is -0.0800. The van der Waals surface area contributed by atoms with E-state index in [1.165, 1.54) is 13.0 Å². The van der Waals surface area contributed by atoms with Crippen LogP contribution in [0.5, 0.6) is 0 Å². The molecule has 60 valence electrons. The second-order valence-electron chi connectivity index (χ2n) is 3.27. The molecule has 2 heteroatoms. The van der Waals surface area contributed by atoms with E-state index >= 15 is 0 Å². The zero-order chi connectivity index (χ0) is 7.56. The highest BCUT2D eigenvalue weighted by Gasteiger charge is 2.27. The van der Waals surface area contributed by atoms with Crippen LogP contribution in [-0.4, -0.2) is 38.3 Å². The molecule has 0 aromatic carbocycles. The van der Waals surface area contributed by atoms with Crippen LogP contribution in [0.3, 0.4) is 0 Å². The summed E-state index contributed by atoms with van der Waals surface area (Å²) in [6, 6.07) is 0.657. The fourth-order valence-corrected chi connectivity index (χ4v) is 1.66. The molecule has 0 radical (unpaired) electrons. The fraction of sp³-hybridized carbons (Fsp3) is 1.00. The average molecular weight is 143 g/mol. The summed E-state index contributed by atoms with van der Waals surface area (Å²) < 4.78 is 5.12. The van der Waals surface area contributed by atoms with E-state index in [9.17, 15) is 0 Å². The zero-order valence-electron chi connectivity index (χ0n) is 7.13. The lowest BCUT2D eigenvalue weighted by Crippen LogP contribution is -2.32. The van der Waals surface area contributed by atoms with Crippen molar-refractivity contribution in [3.05, 3.63) is 0 Å². The molecule has 0 unspecified atom stereocenters. The van der Waals surface area contributed by atoms with Crippen LogP contribution >= 0.6 is 0 Å². The van der Waals surface area contributed by atoms with Gasteiger partial charge in [0.15, 0.2) is 0 Å². The third kappa shape index (κ3) is 1.50. The molecule has 0 aromatic heterocycles. The molecular formula is C8H17NO. The summed E-state index contributed by atoms with van der Waals surface area (Å²) in [5, 5.41) is 0. The second kappa shape index (κ2) is 3.35. The molecule has 0 aromatic rings. The Kier molecular flexibility index (Phi) is 2.69. The van der Waals surface area contributed by atoms with E-state index in [4.69, 9.17) is 4.74 Å². The van der Waals surface area contributed by atoms with E-state index < -0.39 is 0 Å². The van der Waals surface area contributed by atoms with Crippen LogP contribution < -0.4 is 0 Å². The predicted octanol–water partition coefficient (Wildman–Crippen LogP) is 0.973. The maximum Gasteiger partial charge on any atom is 0.0620 e. The van der Waals surface area contributed by atoms with Crippen LogP contribution in [0, 0.1) is 5.92 Å². The van der Waals surface area contributed by atoms with E-state index in [-0.39, 0.29) is 0 Å². The van der Waals surface area contributed by atoms with Crippen LogP contribution in [0.2, 0.25) is 0 Å². The number of likely N-dealkylation sites (N-methyl/N-ethyl adjacent to an activating group) is 1. The molecule has 0 saturated carbocycles. The predicted molar refractivity (Wildman–Crippen MR) is 42.1 cm³/mol. The second-order valence-corrected chi connectivity index (χ2v) is 3.27. The topological polar surface area (TPSA) is 12.5 Å². The summed E-state index contributed by atoms with van der Waals surface area (Å²) in [4.78, 5) is 2.38. The summed E-state index contributed by atoms with van der Waals surface area (Å²) in [6.45, 7) is 4.42. The maximum atomic E-state index is 5.12. The highest BCUT2D eigenvalue weighted by atomic mass is 16.5. The third-order valence-electron chi connectivity index (χ3n) is 2.50. The van der Waals surface area contributed by atoms with Crippen molar-refractivity contribution < 1.29 is 4.74 Å². The van der Waals surface area contributed by atoms with Crippen molar-refractivity contribution in [2.45, 2.75) is 19.4 Å². The number of hydrogen-bond donors (Lipinski definition) is 0. The van der Waals surface area contributed by atoms with Crippen molar-refractivity contribution in [3.8, 4) is 0 Å². The molecule has 1 saturated heterocycles. The van der Waals surface area contributed by atoms with Gasteiger partial charge in [0.1, 0.15) is 0 Å². The van der Waals surface area contributed by atoms with Gasteiger partial charge in [-0.25, -0.2) is 0 Å². The smallest absolute Gasteiger partial charge is 0.0620 e. The zero-order valence-corrected chi connectivity index (χ0v) is 7.13. The minimum atomic E-state index is 0.657. The fourth-order valence-electron chi connectivity index (χ4n) is 1.66. The molecule has 0 aliphatic carbocycles. The van der Waals surface area contributed by atoms with E-state index in [1.807, 2.05) is 0 Å². The minimum Gasteiger partial charge on any atom is -0.383 e. The van der Waals surface area contributed by atoms with E-state index in [2.05, 4.69) is 18.9 Å². The molecule has 0 spiro atoms. The molecule has 1 aliphatic heterocycles. The largest absolute Gasteiger partial charge is 0.383 e. The molecule has 2 atom stereocenters. The van der Waals surface area contributed by atoms with Gasteiger partial charge >= 0.3 is 0 Å². The number of methoxy groups -OCH3 is 1. The molecule has 2 nitrogen and oxygen atoms in total. The monoisotopic (exact) mass is 143 g/mol. The van der Waals surface area contributed by atoms with Crippen molar-refractivity contribution in [2.75, 3.05) is 27.3 Å². The van der Waals surface area contributed by atoms with Crippen molar-refractivity contribution in [3.63, 3.8) is 0 Å². The Labute approximate surface area is 63.2 Å². The minimum absolute atomic E-state index is 0.657. The van der Waals surface area contributed by atoms with Gasteiger partial charge in [-0.15, -0.1) is 0 Å². The van der Waals surface area contributed by atoms with Gasteiger partial charge in [-0.2, -0.15) is 0 Å². The van der Waals surface area contributed by atoms with Crippen LogP contribution in [-0.2, 0) is 4.74 Å². The molecule has 1 aliphatic rings. The van der Waals surface area contributed by atoms with Gasteiger partial charge in [0.05, 0.1) is 6.61 Å². The molecule has 0 bridgehead atoms. The summed E-state index contributed by atoms with van der Waals surface area (Å²) in [5.74, 6) is 0.810. The Balaban J connectivity index is 2.38. The average Bonchev–Trinajstić information content (AvgIpc) is 2.20. The van der Waals surface area contributed by atoms with Crippen LogP contribution in [0.15, 0.2) is 0 Å². The van der Waals surface area contributed by atoms with Crippen molar-refractivity contribution in [1.82, 2.24) is 4.90 Å². The van der Waals surface area contributed by atoms with Gasteiger partial charge < -0.3 is 9.64 Å². The Morgan fingerprint density at radius 2 is 2.30 bits per heavy atom. The van der Waals surface area contributed by atoms with Gasteiger partial charge in [-0.05, 0) is 25.9 Å². The standard InChI is InChI=1S/C8H17NO/c1-7-4-5-9(2)8(7)6-10-3/h7-8H,4-6H2,1-3H3/t7-,8-/m1/s1. The van der Waals surface area contributed by atoms with Crippen LogP contribution in [0.1, 0.15) is 13.3 Å². The van der Waals surface area contributed by atoms with Crippen molar-refractivity contribution >= 4 is 0 Å². The molecule has 0 amide bonds. The summed E-state index contributed by atoms with van der Waals surface area (Å²) in [7, 11) is 3.95. The summed E-state index contributed by atoms with van der Waals surface area (Å²) in [6.07, 6.45) is 1.32. The van der Waals surface area contributed by atoms with Gasteiger partial charge in [0.2, 0.25) is 0 Å². The lowest BCUT2D eigenvalue weighted by molar-refractivity contribution is 0.114. The lowest BCUT2D eigenvalue weighted by atomic mass is 10.0. The number of nitrogens with zero attached hydrogens (tertiary/aromatic N) is 1. The van der Waals surface area contributed by atoms with Gasteiger partial charge in [0.25, 0.3) is 0 Å². The number of likely N-dealkylation sites (tertiary alicyclic amines) is 1. The van der Waals surface area contributed by atoms with E-state index in [1.54, 1.807) is 7.11 Å². The van der Waals surface area contributed by atoms with Gasteiger partial charge in [-0.1, -0.05) is 6.92 Å². The number of ether oxygens (including phenoxy) is 1. The molecule has 0 N–H and O–H groups in total. The maximum absolute atomic E-state index is 5.12. The Morgan fingerprint density at radius 3 is 2.70 bits per heavy atom. The molecule has 1 rings (SSSR count). The van der Waals surface area contributed by atoms with E-state index in [0.29, 0.717) is 6.04 Å². The SMILES string of the molecule is COC[C@@H]1[C@H](C)CCN1C. The first kappa shape index (κ1) is 8.02. The first-order valence-corrected chi connectivity index (χ1v) is 3.95. The Morgan fingerprint density at radius 1 is 1.60 bits per heavy atom. The highest BCUT2D eigenvalue weighted by molar-refractivity contribution is 4.81.